The van der Waals surface area contributed by atoms with Crippen LogP contribution in [0.1, 0.15) is 29.5 Å². The minimum absolute atomic E-state index is 0.125. The van der Waals surface area contributed by atoms with Crippen LogP contribution in [0.15, 0.2) is 91.1 Å². The second-order valence-corrected chi connectivity index (χ2v) is 9.44. The van der Waals surface area contributed by atoms with Crippen molar-refractivity contribution in [2.45, 2.75) is 25.0 Å². The molecule has 0 aliphatic carbocycles. The van der Waals surface area contributed by atoms with Gasteiger partial charge in [0.25, 0.3) is 0 Å². The number of aromatic amines is 1. The number of benzene rings is 3. The van der Waals surface area contributed by atoms with Crippen molar-refractivity contribution in [2.24, 2.45) is 5.92 Å². The van der Waals surface area contributed by atoms with E-state index < -0.39 is 17.5 Å². The molecule has 0 amide bonds. The lowest BCUT2D eigenvalue weighted by Gasteiger charge is -2.42. The first-order valence-electron chi connectivity index (χ1n) is 12.6. The molecule has 1 aromatic heterocycles. The molecule has 4 aromatic rings. The maximum absolute atomic E-state index is 13.3. The molecular weight excluding hydrogens is 501 g/mol. The van der Waals surface area contributed by atoms with Gasteiger partial charge in [-0.1, -0.05) is 60.7 Å². The highest BCUT2D eigenvalue weighted by molar-refractivity contribution is 6.27. The number of carboxylic acid groups (broad SMARTS) is 2. The molecule has 0 bridgehead atoms. The fourth-order valence-electron chi connectivity index (χ4n) is 5.07. The lowest BCUT2D eigenvalue weighted by Crippen LogP contribution is -2.44. The van der Waals surface area contributed by atoms with Gasteiger partial charge in [-0.25, -0.2) is 14.0 Å². The van der Waals surface area contributed by atoms with Gasteiger partial charge in [0.2, 0.25) is 0 Å². The van der Waals surface area contributed by atoms with E-state index in [9.17, 15) is 9.50 Å². The fourth-order valence-corrected chi connectivity index (χ4v) is 5.07. The number of H-pyrrole nitrogens is 1. The molecule has 1 saturated heterocycles. The predicted molar refractivity (Wildman–Crippen MR) is 143 cm³/mol. The Morgan fingerprint density at radius 3 is 1.87 bits per heavy atom. The molecule has 3 aromatic carbocycles. The third-order valence-corrected chi connectivity index (χ3v) is 7.03. The Hall–Kier alpha value is -4.34. The first-order chi connectivity index (χ1) is 18.8. The average Bonchev–Trinajstić information content (AvgIpc) is 3.42. The van der Waals surface area contributed by atoms with Crippen LogP contribution in [0.5, 0.6) is 0 Å². The molecule has 1 aliphatic rings. The summed E-state index contributed by atoms with van der Waals surface area (Å²) in [5, 5.41) is 34.2. The smallest absolute Gasteiger partial charge is 0.414 e. The summed E-state index contributed by atoms with van der Waals surface area (Å²) in [6, 6.07) is 26.6. The number of carboxylic acids is 2. The maximum atomic E-state index is 13.3. The number of carbonyl (C=O) groups is 2. The molecule has 5 rings (SSSR count). The minimum atomic E-state index is -1.82. The number of aliphatic carboxylic acids is 2. The second kappa shape index (κ2) is 12.5. The highest BCUT2D eigenvalue weighted by Crippen LogP contribution is 2.42. The Kier molecular flexibility index (Phi) is 8.85. The van der Waals surface area contributed by atoms with E-state index in [0.717, 1.165) is 60.4 Å². The number of nitrogens with zero attached hydrogens (tertiary/aromatic N) is 2. The summed E-state index contributed by atoms with van der Waals surface area (Å²) < 4.78 is 13.3. The number of aliphatic hydroxyl groups is 1. The van der Waals surface area contributed by atoms with E-state index in [1.54, 1.807) is 12.1 Å². The van der Waals surface area contributed by atoms with Crippen LogP contribution in [-0.2, 0) is 21.7 Å². The Balaban J connectivity index is 0.000000531. The molecule has 39 heavy (non-hydrogen) atoms. The van der Waals surface area contributed by atoms with E-state index in [4.69, 9.17) is 19.8 Å². The van der Waals surface area contributed by atoms with Crippen LogP contribution in [0, 0.1) is 11.7 Å². The molecule has 0 unspecified atom stereocenters. The van der Waals surface area contributed by atoms with Gasteiger partial charge in [-0.2, -0.15) is 5.10 Å². The Labute approximate surface area is 225 Å². The molecule has 0 atom stereocenters. The number of hydrogen-bond donors (Lipinski definition) is 4. The van der Waals surface area contributed by atoms with Gasteiger partial charge in [0.05, 0.1) is 11.9 Å². The molecule has 1 aliphatic heterocycles. The number of aromatic nitrogens is 2. The molecule has 0 saturated carbocycles. The van der Waals surface area contributed by atoms with Crippen molar-refractivity contribution in [3.8, 4) is 11.3 Å². The summed E-state index contributed by atoms with van der Waals surface area (Å²) in [5.41, 5.74) is 3.85. The first-order valence-corrected chi connectivity index (χ1v) is 12.6. The molecule has 2 heterocycles. The summed E-state index contributed by atoms with van der Waals surface area (Å²) in [6.07, 6.45) is 3.64. The number of rotatable bonds is 6. The second-order valence-electron chi connectivity index (χ2n) is 9.44. The van der Waals surface area contributed by atoms with Gasteiger partial charge in [-0.3, -0.25) is 10.00 Å². The molecule has 0 radical (unpaired) electrons. The van der Waals surface area contributed by atoms with Crippen LogP contribution >= 0.6 is 0 Å². The summed E-state index contributed by atoms with van der Waals surface area (Å²) >= 11 is 0. The van der Waals surface area contributed by atoms with Crippen LogP contribution in [0.25, 0.3) is 11.3 Å². The maximum Gasteiger partial charge on any atom is 0.414 e. The van der Waals surface area contributed by atoms with E-state index in [-0.39, 0.29) is 11.7 Å². The highest BCUT2D eigenvalue weighted by Gasteiger charge is 2.41. The van der Waals surface area contributed by atoms with Crippen molar-refractivity contribution in [3.63, 3.8) is 0 Å². The lowest BCUT2D eigenvalue weighted by molar-refractivity contribution is -0.159. The molecule has 0 spiro atoms. The monoisotopic (exact) mass is 531 g/mol. The number of nitrogens with one attached hydrogen (secondary N) is 1. The fraction of sp³-hybridized carbons (Fsp3) is 0.233. The number of likely N-dealkylation sites (tertiary alicyclic amines) is 1. The molecule has 202 valence electrons. The first kappa shape index (κ1) is 27.7. The number of piperidine rings is 1. The molecular formula is C30H30FN3O5. The molecule has 4 N–H and O–H groups in total. The van der Waals surface area contributed by atoms with Crippen molar-refractivity contribution >= 4 is 11.9 Å². The van der Waals surface area contributed by atoms with Gasteiger partial charge in [0.15, 0.2) is 0 Å². The summed E-state index contributed by atoms with van der Waals surface area (Å²) in [6.45, 7) is 2.55. The highest BCUT2D eigenvalue weighted by atomic mass is 19.1. The van der Waals surface area contributed by atoms with Gasteiger partial charge in [0.1, 0.15) is 11.4 Å². The lowest BCUT2D eigenvalue weighted by atomic mass is 9.72. The van der Waals surface area contributed by atoms with E-state index in [1.165, 1.54) is 12.1 Å². The van der Waals surface area contributed by atoms with Crippen LogP contribution in [0.4, 0.5) is 4.39 Å². The van der Waals surface area contributed by atoms with E-state index in [0.29, 0.717) is 0 Å². The molecule has 1 fully saturated rings. The Bertz CT molecular complexity index is 1320. The zero-order valence-electron chi connectivity index (χ0n) is 21.2. The van der Waals surface area contributed by atoms with E-state index >= 15 is 0 Å². The zero-order chi connectivity index (χ0) is 27.8. The molecule has 8 nitrogen and oxygen atoms in total. The van der Waals surface area contributed by atoms with Crippen molar-refractivity contribution in [3.05, 3.63) is 114 Å². The van der Waals surface area contributed by atoms with E-state index in [2.05, 4.69) is 15.1 Å². The Morgan fingerprint density at radius 1 is 0.872 bits per heavy atom. The van der Waals surface area contributed by atoms with Crippen molar-refractivity contribution < 1.29 is 29.3 Å². The summed E-state index contributed by atoms with van der Waals surface area (Å²) in [7, 11) is 0. The van der Waals surface area contributed by atoms with E-state index in [1.807, 2.05) is 66.9 Å². The van der Waals surface area contributed by atoms with Gasteiger partial charge in [-0.05, 0) is 67.2 Å². The molecule has 9 heteroatoms. The SMILES string of the molecule is O=C(O)C(=O)O.OC(c1ccccc1)(c1ccccc1)C1CCN(Cc2cn[nH]c2-c2ccc(F)cc2)CC1. The topological polar surface area (TPSA) is 127 Å². The zero-order valence-corrected chi connectivity index (χ0v) is 21.2. The third-order valence-electron chi connectivity index (χ3n) is 7.03. The predicted octanol–water partition coefficient (Wildman–Crippen LogP) is 4.52. The number of hydrogen-bond acceptors (Lipinski definition) is 5. The Morgan fingerprint density at radius 2 is 1.38 bits per heavy atom. The average molecular weight is 532 g/mol. The summed E-state index contributed by atoms with van der Waals surface area (Å²) in [5.74, 6) is -3.77. The standard InChI is InChI=1S/C28H28FN3O.C2H2O4/c29-26-13-11-21(12-14-26)27-22(19-30-31-27)20-32-17-15-25(16-18-32)28(33,23-7-3-1-4-8-23)24-9-5-2-6-10-24;3-1(4)2(5)6/h1-14,19,25,33H,15-18,20H2,(H,30,31);(H,3,4)(H,5,6). The minimum Gasteiger partial charge on any atom is -0.473 e. The normalized spacial score (nSPS) is 14.3. The van der Waals surface area contributed by atoms with Gasteiger partial charge < -0.3 is 15.3 Å². The van der Waals surface area contributed by atoms with Gasteiger partial charge in [0, 0.05) is 17.7 Å². The van der Waals surface area contributed by atoms with Crippen molar-refractivity contribution in [1.29, 1.82) is 0 Å². The van der Waals surface area contributed by atoms with Crippen LogP contribution < -0.4 is 0 Å². The van der Waals surface area contributed by atoms with Crippen LogP contribution in [0.3, 0.4) is 0 Å². The summed E-state index contributed by atoms with van der Waals surface area (Å²) in [4.78, 5) is 20.6. The quantitative estimate of drug-likeness (QED) is 0.270. The van der Waals surface area contributed by atoms with Gasteiger partial charge >= 0.3 is 11.9 Å². The van der Waals surface area contributed by atoms with Crippen molar-refractivity contribution in [2.75, 3.05) is 13.1 Å². The third kappa shape index (κ3) is 6.57. The van der Waals surface area contributed by atoms with Crippen molar-refractivity contribution in [1.82, 2.24) is 15.1 Å². The van der Waals surface area contributed by atoms with Crippen LogP contribution in [-0.4, -0.2) is 55.4 Å². The largest absolute Gasteiger partial charge is 0.473 e. The van der Waals surface area contributed by atoms with Gasteiger partial charge in [-0.15, -0.1) is 0 Å². The van der Waals surface area contributed by atoms with Crippen LogP contribution in [0.2, 0.25) is 0 Å². The number of halogens is 1.